The lowest BCUT2D eigenvalue weighted by atomic mass is 10.0. The Morgan fingerprint density at radius 1 is 1.20 bits per heavy atom. The Kier molecular flexibility index (Phi) is 1.80. The van der Waals surface area contributed by atoms with E-state index in [0.29, 0.717) is 0 Å². The number of para-hydroxylation sites is 1. The molecular weight excluding hydrogens is 184 g/mol. The minimum Gasteiger partial charge on any atom is -0.310 e. The third kappa shape index (κ3) is 1.25. The predicted molar refractivity (Wildman–Crippen MR) is 61.7 cm³/mol. The second kappa shape index (κ2) is 3.04. The highest BCUT2D eigenvalue weighted by atomic mass is 15.0. The Labute approximate surface area is 89.3 Å². The third-order valence-corrected chi connectivity index (χ3v) is 3.39. The predicted octanol–water partition coefficient (Wildman–Crippen LogP) is 2.44. The van der Waals surface area contributed by atoms with Gasteiger partial charge < -0.3 is 5.32 Å². The Morgan fingerprint density at radius 2 is 2.00 bits per heavy atom. The normalized spacial score (nSPS) is 17.9. The molecule has 1 aliphatic carbocycles. The number of hydrogen-bond acceptors (Lipinski definition) is 2. The van der Waals surface area contributed by atoms with Gasteiger partial charge in [0.25, 0.3) is 0 Å². The molecule has 1 saturated carbocycles. The van der Waals surface area contributed by atoms with Crippen molar-refractivity contribution in [3.8, 4) is 0 Å². The fraction of sp³-hybridized carbons (Fsp3) is 0.308. The number of nitrogens with zero attached hydrogens (tertiary/aromatic N) is 1. The molecule has 0 amide bonds. The summed E-state index contributed by atoms with van der Waals surface area (Å²) in [5, 5.41) is 4.72. The minimum atomic E-state index is 0.225. The summed E-state index contributed by atoms with van der Waals surface area (Å²) in [5.41, 5.74) is 2.72. The van der Waals surface area contributed by atoms with E-state index in [1.807, 2.05) is 19.3 Å². The van der Waals surface area contributed by atoms with Crippen LogP contribution in [0.3, 0.4) is 0 Å². The first kappa shape index (κ1) is 8.86. The van der Waals surface area contributed by atoms with Crippen LogP contribution in [0.5, 0.6) is 0 Å². The lowest BCUT2D eigenvalue weighted by Gasteiger charge is -2.16. The van der Waals surface area contributed by atoms with Crippen LogP contribution >= 0.6 is 0 Å². The van der Waals surface area contributed by atoms with Crippen molar-refractivity contribution in [1.82, 2.24) is 10.3 Å². The highest BCUT2D eigenvalue weighted by Crippen LogP contribution is 2.47. The lowest BCUT2D eigenvalue weighted by molar-refractivity contribution is 0.590. The Hall–Kier alpha value is -1.41. The van der Waals surface area contributed by atoms with Crippen molar-refractivity contribution in [3.63, 3.8) is 0 Å². The summed E-state index contributed by atoms with van der Waals surface area (Å²) in [7, 11) is 2.04. The molecule has 1 heterocycles. The molecule has 1 aromatic heterocycles. The highest BCUT2D eigenvalue weighted by molar-refractivity contribution is 5.83. The maximum absolute atomic E-state index is 4.39. The summed E-state index contributed by atoms with van der Waals surface area (Å²) in [6, 6.07) is 10.5. The fourth-order valence-corrected chi connectivity index (χ4v) is 2.29. The summed E-state index contributed by atoms with van der Waals surface area (Å²) >= 11 is 0. The maximum Gasteiger partial charge on any atom is 0.0705 e. The molecule has 1 fully saturated rings. The van der Waals surface area contributed by atoms with Gasteiger partial charge in [-0.05, 0) is 37.6 Å². The molecule has 1 aromatic carbocycles. The van der Waals surface area contributed by atoms with Crippen LogP contribution in [0.4, 0.5) is 0 Å². The molecule has 15 heavy (non-hydrogen) atoms. The van der Waals surface area contributed by atoms with Crippen molar-refractivity contribution >= 4 is 10.9 Å². The Morgan fingerprint density at radius 3 is 2.73 bits per heavy atom. The molecule has 2 nitrogen and oxygen atoms in total. The van der Waals surface area contributed by atoms with E-state index in [1.54, 1.807) is 0 Å². The van der Waals surface area contributed by atoms with Gasteiger partial charge in [-0.1, -0.05) is 18.2 Å². The molecule has 0 unspecified atom stereocenters. The van der Waals surface area contributed by atoms with Crippen LogP contribution in [-0.4, -0.2) is 12.0 Å². The highest BCUT2D eigenvalue weighted by Gasteiger charge is 2.43. The molecule has 3 rings (SSSR count). The van der Waals surface area contributed by atoms with Crippen molar-refractivity contribution in [2.24, 2.45) is 0 Å². The number of nitrogens with one attached hydrogen (secondary N) is 1. The third-order valence-electron chi connectivity index (χ3n) is 3.39. The Bertz CT molecular complexity index is 495. The van der Waals surface area contributed by atoms with Gasteiger partial charge in [-0.2, -0.15) is 0 Å². The molecule has 0 atom stereocenters. The van der Waals surface area contributed by atoms with Crippen LogP contribution in [0, 0.1) is 0 Å². The van der Waals surface area contributed by atoms with Crippen molar-refractivity contribution in [2.45, 2.75) is 18.4 Å². The second-order valence-corrected chi connectivity index (χ2v) is 4.21. The van der Waals surface area contributed by atoms with Crippen LogP contribution in [0.25, 0.3) is 10.9 Å². The lowest BCUT2D eigenvalue weighted by Crippen LogP contribution is -2.24. The average molecular weight is 198 g/mol. The summed E-state index contributed by atoms with van der Waals surface area (Å²) in [6.45, 7) is 0. The quantitative estimate of drug-likeness (QED) is 0.801. The first-order valence-electron chi connectivity index (χ1n) is 5.39. The number of benzene rings is 1. The van der Waals surface area contributed by atoms with E-state index < -0.39 is 0 Å². The molecular formula is C13H14N2. The van der Waals surface area contributed by atoms with E-state index in [2.05, 4.69) is 34.6 Å². The monoisotopic (exact) mass is 198 g/mol. The van der Waals surface area contributed by atoms with Crippen molar-refractivity contribution in [2.75, 3.05) is 7.05 Å². The van der Waals surface area contributed by atoms with E-state index >= 15 is 0 Å². The molecule has 76 valence electrons. The zero-order chi connectivity index (χ0) is 10.3. The molecule has 0 saturated heterocycles. The summed E-state index contributed by atoms with van der Waals surface area (Å²) < 4.78 is 0. The first-order valence-corrected chi connectivity index (χ1v) is 5.39. The molecule has 1 aliphatic rings. The average Bonchev–Trinajstić information content (AvgIpc) is 3.09. The van der Waals surface area contributed by atoms with Crippen LogP contribution in [0.1, 0.15) is 18.4 Å². The van der Waals surface area contributed by atoms with Crippen LogP contribution in [-0.2, 0) is 5.54 Å². The van der Waals surface area contributed by atoms with Gasteiger partial charge in [0.05, 0.1) is 5.52 Å². The van der Waals surface area contributed by atoms with Crippen LogP contribution in [0.2, 0.25) is 0 Å². The van der Waals surface area contributed by atoms with Gasteiger partial charge in [-0.25, -0.2) is 0 Å². The number of fused-ring (bicyclic) bond motifs is 1. The van der Waals surface area contributed by atoms with E-state index in [-0.39, 0.29) is 5.54 Å². The standard InChI is InChI=1S/C13H14N2/c1-14-13(7-8-13)11-6-9-15-12-5-3-2-4-10(11)12/h2-6,9,14H,7-8H2,1H3. The molecule has 0 radical (unpaired) electrons. The molecule has 1 N–H and O–H groups in total. The zero-order valence-corrected chi connectivity index (χ0v) is 8.83. The molecule has 0 aliphatic heterocycles. The minimum absolute atomic E-state index is 0.225. The number of pyridine rings is 1. The Balaban J connectivity index is 2.27. The first-order chi connectivity index (χ1) is 7.36. The molecule has 2 heteroatoms. The summed E-state index contributed by atoms with van der Waals surface area (Å²) in [4.78, 5) is 4.39. The SMILES string of the molecule is CNC1(c2ccnc3ccccc23)CC1. The van der Waals surface area contributed by atoms with E-state index in [4.69, 9.17) is 0 Å². The zero-order valence-electron chi connectivity index (χ0n) is 8.83. The number of aromatic nitrogens is 1. The van der Waals surface area contributed by atoms with Gasteiger partial charge in [-0.3, -0.25) is 4.98 Å². The van der Waals surface area contributed by atoms with Crippen LogP contribution in [0.15, 0.2) is 36.5 Å². The number of hydrogen-bond donors (Lipinski definition) is 1. The van der Waals surface area contributed by atoms with Crippen molar-refractivity contribution < 1.29 is 0 Å². The van der Waals surface area contributed by atoms with E-state index in [0.717, 1.165) is 5.52 Å². The van der Waals surface area contributed by atoms with Gasteiger partial charge in [0.1, 0.15) is 0 Å². The van der Waals surface area contributed by atoms with Gasteiger partial charge in [0, 0.05) is 17.1 Å². The summed E-state index contributed by atoms with van der Waals surface area (Å²) in [6.07, 6.45) is 4.38. The molecule has 2 aromatic rings. The van der Waals surface area contributed by atoms with E-state index in [9.17, 15) is 0 Å². The number of rotatable bonds is 2. The van der Waals surface area contributed by atoms with Crippen molar-refractivity contribution in [1.29, 1.82) is 0 Å². The van der Waals surface area contributed by atoms with Crippen molar-refractivity contribution in [3.05, 3.63) is 42.1 Å². The van der Waals surface area contributed by atoms with Gasteiger partial charge in [0.15, 0.2) is 0 Å². The fourth-order valence-electron chi connectivity index (χ4n) is 2.29. The van der Waals surface area contributed by atoms with Gasteiger partial charge >= 0.3 is 0 Å². The second-order valence-electron chi connectivity index (χ2n) is 4.21. The van der Waals surface area contributed by atoms with Crippen LogP contribution < -0.4 is 5.32 Å². The largest absolute Gasteiger partial charge is 0.310 e. The molecule has 0 spiro atoms. The van der Waals surface area contributed by atoms with Gasteiger partial charge in [-0.15, -0.1) is 0 Å². The van der Waals surface area contributed by atoms with Gasteiger partial charge in [0.2, 0.25) is 0 Å². The van der Waals surface area contributed by atoms with E-state index in [1.165, 1.54) is 23.8 Å². The molecule has 0 bridgehead atoms. The smallest absolute Gasteiger partial charge is 0.0705 e. The topological polar surface area (TPSA) is 24.9 Å². The maximum atomic E-state index is 4.39. The summed E-state index contributed by atoms with van der Waals surface area (Å²) in [5.74, 6) is 0.